The fourth-order valence-electron chi connectivity index (χ4n) is 4.24. The number of amides is 1. The second kappa shape index (κ2) is 9.03. The van der Waals surface area contributed by atoms with Crippen molar-refractivity contribution in [1.29, 1.82) is 0 Å². The summed E-state index contributed by atoms with van der Waals surface area (Å²) in [5, 5.41) is 4.66. The summed E-state index contributed by atoms with van der Waals surface area (Å²) in [4.78, 5) is 24.9. The smallest absolute Gasteiger partial charge is 0.282 e. The van der Waals surface area contributed by atoms with Crippen LogP contribution in [-0.2, 0) is 6.54 Å². The third-order valence-corrected chi connectivity index (χ3v) is 6.03. The van der Waals surface area contributed by atoms with Crippen LogP contribution in [0, 0.1) is 5.82 Å². The van der Waals surface area contributed by atoms with Crippen molar-refractivity contribution >= 4 is 17.6 Å². The molecule has 3 heterocycles. The van der Waals surface area contributed by atoms with E-state index in [4.69, 9.17) is 4.99 Å². The van der Waals surface area contributed by atoms with Gasteiger partial charge in [0.05, 0.1) is 11.3 Å². The highest BCUT2D eigenvalue weighted by Gasteiger charge is 2.23. The maximum absolute atomic E-state index is 13.7. The molecule has 7 heteroatoms. The van der Waals surface area contributed by atoms with Crippen LogP contribution in [0.15, 0.2) is 119 Å². The molecule has 0 aliphatic carbocycles. The molecule has 3 aromatic carbocycles. The maximum Gasteiger partial charge on any atom is 0.282 e. The Morgan fingerprint density at radius 1 is 0.917 bits per heavy atom. The molecule has 2 aliphatic heterocycles. The summed E-state index contributed by atoms with van der Waals surface area (Å²) in [6, 6.07) is 23.2. The Morgan fingerprint density at radius 3 is 2.53 bits per heavy atom. The molecular weight excluding hydrogens is 453 g/mol. The number of nitrogens with zero attached hydrogens (tertiary/aromatic N) is 5. The first-order chi connectivity index (χ1) is 17.7. The minimum atomic E-state index is -0.477. The highest BCUT2D eigenvalue weighted by Crippen LogP contribution is 2.26. The minimum absolute atomic E-state index is 0.302. The van der Waals surface area contributed by atoms with E-state index in [1.807, 2.05) is 83.9 Å². The molecular formula is C29H20FN5O. The molecule has 0 saturated carbocycles. The van der Waals surface area contributed by atoms with Gasteiger partial charge in [-0.15, -0.1) is 0 Å². The van der Waals surface area contributed by atoms with Gasteiger partial charge in [0.2, 0.25) is 0 Å². The van der Waals surface area contributed by atoms with Crippen molar-refractivity contribution in [2.24, 2.45) is 9.98 Å². The van der Waals surface area contributed by atoms with E-state index in [2.05, 4.69) is 10.1 Å². The number of hydrogen-bond acceptors (Lipinski definition) is 3. The number of aromatic nitrogens is 2. The van der Waals surface area contributed by atoms with E-state index in [1.54, 1.807) is 23.0 Å². The molecule has 0 radical (unpaired) electrons. The maximum atomic E-state index is 13.7. The van der Waals surface area contributed by atoms with Gasteiger partial charge >= 0.3 is 0 Å². The van der Waals surface area contributed by atoms with Gasteiger partial charge < -0.3 is 4.90 Å². The van der Waals surface area contributed by atoms with Gasteiger partial charge in [0.1, 0.15) is 17.3 Å². The summed E-state index contributed by atoms with van der Waals surface area (Å²) in [7, 11) is 0. The molecule has 0 fully saturated rings. The Labute approximate surface area is 207 Å². The molecule has 36 heavy (non-hydrogen) atoms. The summed E-state index contributed by atoms with van der Waals surface area (Å²) in [6.45, 7) is 0.621. The molecule has 1 aromatic heterocycles. The van der Waals surface area contributed by atoms with E-state index in [1.165, 1.54) is 12.1 Å². The molecule has 1 amide bonds. The molecule has 174 valence electrons. The van der Waals surface area contributed by atoms with Crippen LogP contribution < -0.4 is 0 Å². The van der Waals surface area contributed by atoms with Crippen LogP contribution >= 0.6 is 0 Å². The average Bonchev–Trinajstić information content (AvgIpc) is 3.30. The molecule has 2 aliphatic rings. The zero-order chi connectivity index (χ0) is 24.5. The number of rotatable bonds is 3. The molecule has 6 rings (SSSR count). The van der Waals surface area contributed by atoms with Gasteiger partial charge in [0, 0.05) is 30.1 Å². The Hall–Kier alpha value is -4.91. The van der Waals surface area contributed by atoms with E-state index >= 15 is 0 Å². The first-order valence-corrected chi connectivity index (χ1v) is 11.5. The van der Waals surface area contributed by atoms with Gasteiger partial charge in [0.25, 0.3) is 5.91 Å². The van der Waals surface area contributed by atoms with Gasteiger partial charge in [0.15, 0.2) is 5.84 Å². The second-order valence-corrected chi connectivity index (χ2v) is 8.37. The third-order valence-electron chi connectivity index (χ3n) is 6.03. The number of amidine groups is 2. The Balaban J connectivity index is 1.49. The molecule has 0 bridgehead atoms. The fourth-order valence-corrected chi connectivity index (χ4v) is 4.24. The number of carbonyl (C=O) groups excluding carboxylic acids is 1. The van der Waals surface area contributed by atoms with Gasteiger partial charge in [-0.1, -0.05) is 48.5 Å². The number of hydrogen-bond donors (Lipinski definition) is 0. The number of halogens is 1. The summed E-state index contributed by atoms with van der Waals surface area (Å²) < 4.78 is 15.2. The van der Waals surface area contributed by atoms with Crippen molar-refractivity contribution in [3.05, 3.63) is 132 Å². The van der Waals surface area contributed by atoms with Crippen LogP contribution in [0.3, 0.4) is 0 Å². The highest BCUT2D eigenvalue weighted by molar-refractivity contribution is 6.17. The first-order valence-electron chi connectivity index (χ1n) is 11.5. The van der Waals surface area contributed by atoms with E-state index in [-0.39, 0.29) is 5.82 Å². The topological polar surface area (TPSA) is 62.9 Å². The Morgan fingerprint density at radius 2 is 1.69 bits per heavy atom. The number of aliphatic imine (C=N–C) groups is 2. The zero-order valence-corrected chi connectivity index (χ0v) is 19.1. The lowest BCUT2D eigenvalue weighted by molar-refractivity contribution is 0.100. The molecule has 0 spiro atoms. The predicted molar refractivity (Wildman–Crippen MR) is 138 cm³/mol. The molecule has 0 N–H and O–H groups in total. The van der Waals surface area contributed by atoms with Crippen molar-refractivity contribution in [3.63, 3.8) is 0 Å². The number of para-hydroxylation sites is 1. The molecule has 6 nitrogen and oxygen atoms in total. The standard InChI is InChI=1S/C29H20FN5O/c30-22-15-13-20(14-16-22)27-25(19-35(33-27)23-9-2-1-3-10-23)29(36)32-28-24-11-5-4-8-21(24)18-34-17-7-6-12-26(34)31-28/h1-17,19H,18H2. The molecule has 4 aromatic rings. The predicted octanol–water partition coefficient (Wildman–Crippen LogP) is 5.56. The largest absolute Gasteiger partial charge is 0.329 e. The van der Waals surface area contributed by atoms with E-state index < -0.39 is 5.91 Å². The SMILES string of the molecule is O=C(N=C1N=C2C=CC=CN2Cc2ccccc21)c1cn(-c2ccccc2)nc1-c1ccc(F)cc1. The van der Waals surface area contributed by atoms with Crippen LogP contribution in [0.5, 0.6) is 0 Å². The second-order valence-electron chi connectivity index (χ2n) is 8.37. The molecule has 0 atom stereocenters. The summed E-state index contributed by atoms with van der Waals surface area (Å²) in [5.41, 5.74) is 3.95. The van der Waals surface area contributed by atoms with Crippen LogP contribution in [-0.4, -0.2) is 32.3 Å². The summed E-state index contributed by atoms with van der Waals surface area (Å²) in [6.07, 6.45) is 9.36. The minimum Gasteiger partial charge on any atom is -0.329 e. The van der Waals surface area contributed by atoms with Crippen LogP contribution in [0.25, 0.3) is 16.9 Å². The van der Waals surface area contributed by atoms with Crippen LogP contribution in [0.2, 0.25) is 0 Å². The number of allylic oxidation sites excluding steroid dienone is 2. The highest BCUT2D eigenvalue weighted by atomic mass is 19.1. The lowest BCUT2D eigenvalue weighted by atomic mass is 10.1. The van der Waals surface area contributed by atoms with Crippen molar-refractivity contribution < 1.29 is 9.18 Å². The molecule has 0 unspecified atom stereocenters. The fraction of sp³-hybridized carbons (Fsp3) is 0.0345. The zero-order valence-electron chi connectivity index (χ0n) is 19.1. The van der Waals surface area contributed by atoms with Gasteiger partial charge in [-0.25, -0.2) is 14.1 Å². The molecule has 0 saturated heterocycles. The van der Waals surface area contributed by atoms with Crippen molar-refractivity contribution in [1.82, 2.24) is 14.7 Å². The van der Waals surface area contributed by atoms with Crippen LogP contribution in [0.1, 0.15) is 21.5 Å². The van der Waals surface area contributed by atoms with Crippen LogP contribution in [0.4, 0.5) is 4.39 Å². The van der Waals surface area contributed by atoms with Crippen molar-refractivity contribution in [3.8, 4) is 16.9 Å². The third kappa shape index (κ3) is 4.07. The summed E-state index contributed by atoms with van der Waals surface area (Å²) >= 11 is 0. The number of fused-ring (bicyclic) bond motifs is 2. The Bertz CT molecular complexity index is 1580. The van der Waals surface area contributed by atoms with E-state index in [0.29, 0.717) is 35.0 Å². The van der Waals surface area contributed by atoms with Gasteiger partial charge in [-0.2, -0.15) is 10.1 Å². The van der Waals surface area contributed by atoms with E-state index in [9.17, 15) is 9.18 Å². The monoisotopic (exact) mass is 473 g/mol. The average molecular weight is 474 g/mol. The lowest BCUT2D eigenvalue weighted by Crippen LogP contribution is -2.24. The normalized spacial score (nSPS) is 15.3. The van der Waals surface area contributed by atoms with E-state index in [0.717, 1.165) is 16.8 Å². The quantitative estimate of drug-likeness (QED) is 0.391. The lowest BCUT2D eigenvalue weighted by Gasteiger charge is -2.20. The first kappa shape index (κ1) is 21.6. The number of benzene rings is 3. The summed E-state index contributed by atoms with van der Waals surface area (Å²) in [5.74, 6) is 0.207. The van der Waals surface area contributed by atoms with Crippen molar-refractivity contribution in [2.45, 2.75) is 6.54 Å². The van der Waals surface area contributed by atoms with Gasteiger partial charge in [-0.05, 0) is 54.1 Å². The van der Waals surface area contributed by atoms with Gasteiger partial charge in [-0.3, -0.25) is 4.79 Å². The number of carbonyl (C=O) groups is 1. The Kier molecular flexibility index (Phi) is 5.42. The van der Waals surface area contributed by atoms with Crippen molar-refractivity contribution in [2.75, 3.05) is 0 Å².